The van der Waals surface area contributed by atoms with Crippen LogP contribution in [0, 0.1) is 0 Å². The zero-order valence-electron chi connectivity index (χ0n) is 8.27. The van der Waals surface area contributed by atoms with Crippen LogP contribution in [0.3, 0.4) is 0 Å². The number of carboxylic acids is 1. The van der Waals surface area contributed by atoms with E-state index in [4.69, 9.17) is 16.7 Å². The number of hydrogen-bond donors (Lipinski definition) is 1. The van der Waals surface area contributed by atoms with Gasteiger partial charge in [-0.3, -0.25) is 9.48 Å². The molecule has 1 aromatic carbocycles. The van der Waals surface area contributed by atoms with Gasteiger partial charge in [-0.05, 0) is 18.2 Å². The van der Waals surface area contributed by atoms with Crippen LogP contribution in [-0.4, -0.2) is 26.6 Å². The first-order valence-electron chi connectivity index (χ1n) is 4.40. The molecule has 2 aromatic rings. The van der Waals surface area contributed by atoms with E-state index in [2.05, 4.69) is 5.10 Å². The predicted octanol–water partition coefficient (Wildman–Crippen LogP) is 1.49. The topological polar surface area (TPSA) is 72.2 Å². The Morgan fingerprint density at radius 2 is 2.12 bits per heavy atom. The standard InChI is InChI=1S/C10H7ClN2O3/c1-13-7-3-2-5(8(14)10(15)16)4-6(7)9(11)12-13/h2-4H,1H3,(H,15,16). The average Bonchev–Trinajstić information content (AvgIpc) is 2.53. The van der Waals surface area contributed by atoms with Gasteiger partial charge in [0, 0.05) is 18.0 Å². The molecule has 82 valence electrons. The van der Waals surface area contributed by atoms with Gasteiger partial charge in [0.25, 0.3) is 5.78 Å². The lowest BCUT2D eigenvalue weighted by atomic mass is 10.1. The number of hydrogen-bond acceptors (Lipinski definition) is 3. The van der Waals surface area contributed by atoms with Crippen LogP contribution in [0.1, 0.15) is 10.4 Å². The Hall–Kier alpha value is -1.88. The SMILES string of the molecule is Cn1nc(Cl)c2cc(C(=O)C(=O)O)ccc21. The maximum absolute atomic E-state index is 11.2. The molecule has 0 unspecified atom stereocenters. The first-order chi connectivity index (χ1) is 7.50. The van der Waals surface area contributed by atoms with E-state index in [0.717, 1.165) is 5.52 Å². The lowest BCUT2D eigenvalue weighted by molar-refractivity contribution is -0.131. The van der Waals surface area contributed by atoms with Crippen molar-refractivity contribution in [3.8, 4) is 0 Å². The maximum atomic E-state index is 11.2. The fourth-order valence-electron chi connectivity index (χ4n) is 1.49. The molecular weight excluding hydrogens is 232 g/mol. The lowest BCUT2D eigenvalue weighted by Crippen LogP contribution is -2.12. The molecule has 16 heavy (non-hydrogen) atoms. The summed E-state index contributed by atoms with van der Waals surface area (Å²) in [5.74, 6) is -2.44. The minimum absolute atomic E-state index is 0.0925. The van der Waals surface area contributed by atoms with Crippen LogP contribution in [-0.2, 0) is 11.8 Å². The van der Waals surface area contributed by atoms with Crippen molar-refractivity contribution in [1.29, 1.82) is 0 Å². The van der Waals surface area contributed by atoms with Gasteiger partial charge in [0.1, 0.15) is 0 Å². The number of Topliss-reactive ketones (excluding diaryl/α,β-unsaturated/α-hetero) is 1. The van der Waals surface area contributed by atoms with Gasteiger partial charge in [-0.15, -0.1) is 0 Å². The van der Waals surface area contributed by atoms with E-state index in [1.165, 1.54) is 12.1 Å². The van der Waals surface area contributed by atoms with Crippen molar-refractivity contribution >= 4 is 34.3 Å². The highest BCUT2D eigenvalue weighted by Gasteiger charge is 2.16. The fourth-order valence-corrected chi connectivity index (χ4v) is 1.75. The molecule has 1 heterocycles. The Morgan fingerprint density at radius 1 is 1.44 bits per heavy atom. The molecule has 5 nitrogen and oxygen atoms in total. The quantitative estimate of drug-likeness (QED) is 0.636. The monoisotopic (exact) mass is 238 g/mol. The zero-order valence-corrected chi connectivity index (χ0v) is 9.02. The number of carbonyl (C=O) groups excluding carboxylic acids is 1. The summed E-state index contributed by atoms with van der Waals surface area (Å²) in [6, 6.07) is 4.49. The number of aryl methyl sites for hydroxylation is 1. The summed E-state index contributed by atoms with van der Waals surface area (Å²) in [5, 5.41) is 13.4. The molecule has 0 fully saturated rings. The summed E-state index contributed by atoms with van der Waals surface area (Å²) in [4.78, 5) is 21.8. The third kappa shape index (κ3) is 1.55. The molecule has 0 aliphatic heterocycles. The smallest absolute Gasteiger partial charge is 0.377 e. The molecule has 1 aromatic heterocycles. The minimum Gasteiger partial charge on any atom is -0.475 e. The molecule has 0 aliphatic rings. The Kier molecular flexibility index (Phi) is 2.40. The molecule has 0 saturated carbocycles. The van der Waals surface area contributed by atoms with Gasteiger partial charge >= 0.3 is 5.97 Å². The van der Waals surface area contributed by atoms with E-state index in [1.54, 1.807) is 17.8 Å². The number of nitrogens with zero attached hydrogens (tertiary/aromatic N) is 2. The molecule has 0 spiro atoms. The van der Waals surface area contributed by atoms with E-state index in [1.807, 2.05) is 0 Å². The van der Waals surface area contributed by atoms with Crippen LogP contribution in [0.25, 0.3) is 10.9 Å². The van der Waals surface area contributed by atoms with Gasteiger partial charge in [0.05, 0.1) is 5.52 Å². The number of halogens is 1. The molecule has 0 aliphatic carbocycles. The molecule has 0 bridgehead atoms. The molecule has 0 radical (unpaired) electrons. The van der Waals surface area contributed by atoms with Gasteiger partial charge in [-0.25, -0.2) is 4.79 Å². The van der Waals surface area contributed by atoms with Crippen molar-refractivity contribution < 1.29 is 14.7 Å². The summed E-state index contributed by atoms with van der Waals surface area (Å²) in [6.07, 6.45) is 0. The van der Waals surface area contributed by atoms with Crippen molar-refractivity contribution in [2.75, 3.05) is 0 Å². The minimum atomic E-state index is -1.49. The summed E-state index contributed by atoms with van der Waals surface area (Å²) in [6.45, 7) is 0. The Morgan fingerprint density at radius 3 is 2.75 bits per heavy atom. The second-order valence-electron chi connectivity index (χ2n) is 3.28. The van der Waals surface area contributed by atoms with E-state index < -0.39 is 11.8 Å². The second kappa shape index (κ2) is 3.61. The first kappa shape index (κ1) is 10.6. The number of carbonyl (C=O) groups is 2. The van der Waals surface area contributed by atoms with Crippen molar-refractivity contribution in [3.63, 3.8) is 0 Å². The van der Waals surface area contributed by atoms with Crippen molar-refractivity contribution in [2.24, 2.45) is 7.05 Å². The summed E-state index contributed by atoms with van der Waals surface area (Å²) in [5.41, 5.74) is 0.835. The molecule has 0 saturated heterocycles. The molecule has 6 heteroatoms. The maximum Gasteiger partial charge on any atom is 0.377 e. The molecule has 2 rings (SSSR count). The highest BCUT2D eigenvalue weighted by atomic mass is 35.5. The number of fused-ring (bicyclic) bond motifs is 1. The van der Waals surface area contributed by atoms with Crippen LogP contribution in [0.2, 0.25) is 5.15 Å². The fraction of sp³-hybridized carbons (Fsp3) is 0.100. The van der Waals surface area contributed by atoms with Gasteiger partial charge in [0.15, 0.2) is 5.15 Å². The number of benzene rings is 1. The third-order valence-corrected chi connectivity index (χ3v) is 2.54. The summed E-state index contributed by atoms with van der Waals surface area (Å²) < 4.78 is 1.56. The predicted molar refractivity (Wildman–Crippen MR) is 57.7 cm³/mol. The second-order valence-corrected chi connectivity index (χ2v) is 3.64. The number of rotatable bonds is 2. The molecule has 0 amide bonds. The normalized spacial score (nSPS) is 10.6. The zero-order chi connectivity index (χ0) is 11.9. The van der Waals surface area contributed by atoms with Gasteiger partial charge in [-0.2, -0.15) is 5.10 Å². The van der Waals surface area contributed by atoms with Crippen LogP contribution in [0.15, 0.2) is 18.2 Å². The summed E-state index contributed by atoms with van der Waals surface area (Å²) in [7, 11) is 1.72. The number of aromatic nitrogens is 2. The number of carboxylic acid groups (broad SMARTS) is 1. The van der Waals surface area contributed by atoms with Crippen molar-refractivity contribution in [3.05, 3.63) is 28.9 Å². The van der Waals surface area contributed by atoms with Crippen LogP contribution >= 0.6 is 11.6 Å². The van der Waals surface area contributed by atoms with E-state index in [9.17, 15) is 9.59 Å². The molecule has 0 atom stereocenters. The Bertz CT molecular complexity index is 603. The van der Waals surface area contributed by atoms with Crippen LogP contribution < -0.4 is 0 Å². The van der Waals surface area contributed by atoms with Crippen LogP contribution in [0.4, 0.5) is 0 Å². The van der Waals surface area contributed by atoms with Gasteiger partial charge in [-0.1, -0.05) is 11.6 Å². The number of ketones is 1. The highest BCUT2D eigenvalue weighted by Crippen LogP contribution is 2.23. The van der Waals surface area contributed by atoms with Crippen molar-refractivity contribution in [1.82, 2.24) is 9.78 Å². The van der Waals surface area contributed by atoms with E-state index in [0.29, 0.717) is 5.39 Å². The Balaban J connectivity index is 2.64. The third-order valence-electron chi connectivity index (χ3n) is 2.26. The molecular formula is C10H7ClN2O3. The molecule has 1 N–H and O–H groups in total. The largest absolute Gasteiger partial charge is 0.475 e. The average molecular weight is 239 g/mol. The van der Waals surface area contributed by atoms with Gasteiger partial charge in [0.2, 0.25) is 0 Å². The van der Waals surface area contributed by atoms with Crippen LogP contribution in [0.5, 0.6) is 0 Å². The lowest BCUT2D eigenvalue weighted by Gasteiger charge is -1.97. The van der Waals surface area contributed by atoms with E-state index >= 15 is 0 Å². The Labute approximate surface area is 95.2 Å². The highest BCUT2D eigenvalue weighted by molar-refractivity contribution is 6.40. The summed E-state index contributed by atoms with van der Waals surface area (Å²) >= 11 is 5.84. The van der Waals surface area contributed by atoms with Crippen molar-refractivity contribution in [2.45, 2.75) is 0 Å². The van der Waals surface area contributed by atoms with E-state index in [-0.39, 0.29) is 10.7 Å². The van der Waals surface area contributed by atoms with Gasteiger partial charge < -0.3 is 5.11 Å². The number of aliphatic carboxylic acids is 1. The first-order valence-corrected chi connectivity index (χ1v) is 4.78.